The lowest BCUT2D eigenvalue weighted by molar-refractivity contribution is 0.0651. The third-order valence-electron chi connectivity index (χ3n) is 3.43. The highest BCUT2D eigenvalue weighted by molar-refractivity contribution is 6.00. The molecule has 0 heterocycles. The molecule has 0 saturated heterocycles. The number of ether oxygens (including phenoxy) is 4. The molecule has 6 nitrogen and oxygen atoms in total. The Balaban J connectivity index is 2.28. The maximum atomic E-state index is 12.7. The van der Waals surface area contributed by atoms with E-state index < -0.39 is 12.7 Å². The van der Waals surface area contributed by atoms with Gasteiger partial charge in [0.2, 0.25) is 5.78 Å². The molecule has 0 spiro atoms. The van der Waals surface area contributed by atoms with Crippen LogP contribution in [-0.4, -0.2) is 44.9 Å². The minimum Gasteiger partial charge on any atom is -0.497 e. The van der Waals surface area contributed by atoms with Gasteiger partial charge in [0, 0.05) is 11.6 Å². The normalized spacial score (nSPS) is 11.5. The van der Waals surface area contributed by atoms with Gasteiger partial charge in [0.15, 0.2) is 17.6 Å². The van der Waals surface area contributed by atoms with Crippen LogP contribution in [0.25, 0.3) is 0 Å². The van der Waals surface area contributed by atoms with Crippen LogP contribution in [0.2, 0.25) is 0 Å². The molecule has 128 valence electrons. The van der Waals surface area contributed by atoms with Gasteiger partial charge in [-0.1, -0.05) is 12.1 Å². The van der Waals surface area contributed by atoms with E-state index >= 15 is 0 Å². The third kappa shape index (κ3) is 3.97. The van der Waals surface area contributed by atoms with Crippen LogP contribution >= 0.6 is 0 Å². The van der Waals surface area contributed by atoms with Crippen LogP contribution in [0.1, 0.15) is 10.4 Å². The fourth-order valence-corrected chi connectivity index (χ4v) is 2.18. The highest BCUT2D eigenvalue weighted by atomic mass is 16.5. The SMILES string of the molecule is COc1cc(OC)cc(C(=O)C(CO)Oc2ccccc2OC)c1. The molecule has 1 N–H and O–H groups in total. The smallest absolute Gasteiger partial charge is 0.205 e. The van der Waals surface area contributed by atoms with Crippen molar-refractivity contribution in [3.05, 3.63) is 48.0 Å². The van der Waals surface area contributed by atoms with E-state index in [0.29, 0.717) is 28.6 Å². The van der Waals surface area contributed by atoms with Gasteiger partial charge in [0.25, 0.3) is 0 Å². The molecule has 0 amide bonds. The number of hydrogen-bond donors (Lipinski definition) is 1. The van der Waals surface area contributed by atoms with E-state index in [0.717, 1.165) is 0 Å². The van der Waals surface area contributed by atoms with Gasteiger partial charge in [-0.05, 0) is 24.3 Å². The van der Waals surface area contributed by atoms with Crippen molar-refractivity contribution in [3.8, 4) is 23.0 Å². The number of ketones is 1. The average molecular weight is 332 g/mol. The minimum atomic E-state index is -1.07. The Hall–Kier alpha value is -2.73. The minimum absolute atomic E-state index is 0.320. The topological polar surface area (TPSA) is 74.2 Å². The monoisotopic (exact) mass is 332 g/mol. The van der Waals surface area contributed by atoms with Gasteiger partial charge in [-0.15, -0.1) is 0 Å². The predicted molar refractivity (Wildman–Crippen MR) is 88.4 cm³/mol. The molecule has 2 aromatic carbocycles. The number of aliphatic hydroxyl groups is 1. The van der Waals surface area contributed by atoms with E-state index in [2.05, 4.69) is 0 Å². The molecular formula is C18H20O6. The lowest BCUT2D eigenvalue weighted by atomic mass is 10.1. The summed E-state index contributed by atoms with van der Waals surface area (Å²) in [4.78, 5) is 12.7. The van der Waals surface area contributed by atoms with Crippen LogP contribution in [0.3, 0.4) is 0 Å². The molecule has 6 heteroatoms. The van der Waals surface area contributed by atoms with Crippen molar-refractivity contribution < 1.29 is 28.8 Å². The number of carbonyl (C=O) groups excluding carboxylic acids is 1. The predicted octanol–water partition coefficient (Wildman–Crippen LogP) is 2.33. The summed E-state index contributed by atoms with van der Waals surface area (Å²) >= 11 is 0. The molecule has 0 bridgehead atoms. The zero-order chi connectivity index (χ0) is 17.5. The number of aliphatic hydroxyl groups excluding tert-OH is 1. The molecule has 0 radical (unpaired) electrons. The van der Waals surface area contributed by atoms with Gasteiger partial charge in [-0.2, -0.15) is 0 Å². The van der Waals surface area contributed by atoms with E-state index in [9.17, 15) is 9.90 Å². The molecular weight excluding hydrogens is 312 g/mol. The molecule has 0 saturated carbocycles. The second-order valence-corrected chi connectivity index (χ2v) is 4.91. The second-order valence-electron chi connectivity index (χ2n) is 4.91. The molecule has 1 atom stereocenters. The van der Waals surface area contributed by atoms with Crippen LogP contribution in [0.4, 0.5) is 0 Å². The molecule has 0 aliphatic heterocycles. The Bertz CT molecular complexity index is 675. The average Bonchev–Trinajstić information content (AvgIpc) is 2.65. The van der Waals surface area contributed by atoms with Crippen molar-refractivity contribution in [2.45, 2.75) is 6.10 Å². The van der Waals surface area contributed by atoms with Crippen molar-refractivity contribution in [3.63, 3.8) is 0 Å². The van der Waals surface area contributed by atoms with Crippen molar-refractivity contribution >= 4 is 5.78 Å². The Morgan fingerprint density at radius 3 is 2.04 bits per heavy atom. The summed E-state index contributed by atoms with van der Waals surface area (Å²) in [6.07, 6.45) is -1.07. The molecule has 24 heavy (non-hydrogen) atoms. The van der Waals surface area contributed by atoms with Gasteiger partial charge in [0.1, 0.15) is 11.5 Å². The number of methoxy groups -OCH3 is 3. The lowest BCUT2D eigenvalue weighted by Gasteiger charge is -2.18. The largest absolute Gasteiger partial charge is 0.497 e. The number of carbonyl (C=O) groups is 1. The Labute approximate surface area is 140 Å². The molecule has 0 aliphatic rings. The highest BCUT2D eigenvalue weighted by Crippen LogP contribution is 2.28. The maximum absolute atomic E-state index is 12.7. The summed E-state index contributed by atoms with van der Waals surface area (Å²) in [6.45, 7) is -0.476. The van der Waals surface area contributed by atoms with E-state index in [-0.39, 0.29) is 5.78 Å². The van der Waals surface area contributed by atoms with E-state index in [1.165, 1.54) is 21.3 Å². The zero-order valence-corrected chi connectivity index (χ0v) is 13.8. The van der Waals surface area contributed by atoms with Crippen LogP contribution < -0.4 is 18.9 Å². The van der Waals surface area contributed by atoms with Gasteiger partial charge >= 0.3 is 0 Å². The summed E-state index contributed by atoms with van der Waals surface area (Å²) in [5.74, 6) is 1.42. The highest BCUT2D eigenvalue weighted by Gasteiger charge is 2.23. The van der Waals surface area contributed by atoms with E-state index in [4.69, 9.17) is 18.9 Å². The van der Waals surface area contributed by atoms with E-state index in [1.807, 2.05) is 0 Å². The first-order valence-electron chi connectivity index (χ1n) is 7.30. The van der Waals surface area contributed by atoms with E-state index in [1.54, 1.807) is 42.5 Å². The number of benzene rings is 2. The van der Waals surface area contributed by atoms with Crippen molar-refractivity contribution in [1.29, 1.82) is 0 Å². The quantitative estimate of drug-likeness (QED) is 0.748. The molecule has 0 fully saturated rings. The second kappa shape index (κ2) is 8.21. The van der Waals surface area contributed by atoms with Crippen LogP contribution in [0.5, 0.6) is 23.0 Å². The zero-order valence-electron chi connectivity index (χ0n) is 13.8. The molecule has 0 aromatic heterocycles. The Morgan fingerprint density at radius 2 is 1.54 bits per heavy atom. The van der Waals surface area contributed by atoms with Gasteiger partial charge in [0.05, 0.1) is 27.9 Å². The Morgan fingerprint density at radius 1 is 0.958 bits per heavy atom. The Kier molecular flexibility index (Phi) is 6.03. The number of Topliss-reactive ketones (excluding diaryl/α,β-unsaturated/α-hetero) is 1. The molecule has 2 rings (SSSR count). The summed E-state index contributed by atoms with van der Waals surface area (Å²) in [5, 5.41) is 9.59. The van der Waals surface area contributed by atoms with Crippen LogP contribution in [0.15, 0.2) is 42.5 Å². The standard InChI is InChI=1S/C18H20O6/c1-21-13-8-12(9-14(10-13)22-2)18(20)17(11-19)24-16-7-5-4-6-15(16)23-3/h4-10,17,19H,11H2,1-3H3. The molecule has 2 aromatic rings. The van der Waals surface area contributed by atoms with Crippen LogP contribution in [-0.2, 0) is 0 Å². The summed E-state index contributed by atoms with van der Waals surface area (Å²) in [6, 6.07) is 11.7. The van der Waals surface area contributed by atoms with Gasteiger partial charge in [-0.3, -0.25) is 4.79 Å². The van der Waals surface area contributed by atoms with Crippen molar-refractivity contribution in [1.82, 2.24) is 0 Å². The fourth-order valence-electron chi connectivity index (χ4n) is 2.18. The molecule has 1 unspecified atom stereocenters. The fraction of sp³-hybridized carbons (Fsp3) is 0.278. The van der Waals surface area contributed by atoms with Crippen molar-refractivity contribution in [2.75, 3.05) is 27.9 Å². The lowest BCUT2D eigenvalue weighted by Crippen LogP contribution is -2.31. The first-order valence-corrected chi connectivity index (χ1v) is 7.30. The third-order valence-corrected chi connectivity index (χ3v) is 3.43. The number of hydrogen-bond acceptors (Lipinski definition) is 6. The number of rotatable bonds is 8. The summed E-state index contributed by atoms with van der Waals surface area (Å²) < 4.78 is 21.2. The van der Waals surface area contributed by atoms with Crippen molar-refractivity contribution in [2.24, 2.45) is 0 Å². The van der Waals surface area contributed by atoms with Gasteiger partial charge in [-0.25, -0.2) is 0 Å². The first kappa shape index (κ1) is 17.6. The summed E-state index contributed by atoms with van der Waals surface area (Å²) in [7, 11) is 4.50. The summed E-state index contributed by atoms with van der Waals surface area (Å²) in [5.41, 5.74) is 0.320. The first-order chi connectivity index (χ1) is 11.6. The van der Waals surface area contributed by atoms with Crippen LogP contribution in [0, 0.1) is 0 Å². The number of para-hydroxylation sites is 2. The molecule has 0 aliphatic carbocycles. The maximum Gasteiger partial charge on any atom is 0.205 e. The van der Waals surface area contributed by atoms with Gasteiger partial charge < -0.3 is 24.1 Å².